The summed E-state index contributed by atoms with van der Waals surface area (Å²) < 4.78 is 53.4. The summed E-state index contributed by atoms with van der Waals surface area (Å²) in [7, 11) is -5.15. The zero-order valence-electron chi connectivity index (χ0n) is 17.9. The van der Waals surface area contributed by atoms with E-state index in [4.69, 9.17) is 13.7 Å². The number of hydrogen-bond acceptors (Lipinski definition) is 7. The van der Waals surface area contributed by atoms with Gasteiger partial charge in [-0.1, -0.05) is 41.0 Å². The molecule has 9 heteroatoms. The molecule has 2 rings (SSSR count). The molecule has 0 heterocycles. The molecule has 0 aliphatic carbocycles. The van der Waals surface area contributed by atoms with E-state index < -0.39 is 42.7 Å². The number of esters is 1. The molecule has 7 nitrogen and oxygen atoms in total. The lowest BCUT2D eigenvalue weighted by Gasteiger charge is -2.18. The minimum atomic E-state index is -4.19. The predicted octanol–water partition coefficient (Wildman–Crippen LogP) is 3.91. The van der Waals surface area contributed by atoms with E-state index in [1.165, 1.54) is 6.07 Å². The van der Waals surface area contributed by atoms with E-state index in [-0.39, 0.29) is 23.7 Å². The Hall–Kier alpha value is -2.28. The van der Waals surface area contributed by atoms with Crippen LogP contribution in [-0.2, 0) is 34.8 Å². The van der Waals surface area contributed by atoms with Crippen LogP contribution >= 0.6 is 8.46 Å². The number of aryl methyl sites for hydroxylation is 1. The molecule has 0 fully saturated rings. The van der Waals surface area contributed by atoms with Crippen molar-refractivity contribution in [1.29, 1.82) is 0 Å². The average molecular weight is 468 g/mol. The van der Waals surface area contributed by atoms with Crippen molar-refractivity contribution < 1.29 is 31.4 Å². The summed E-state index contributed by atoms with van der Waals surface area (Å²) in [6, 6.07) is 13.9. The standard InChI is InChI=1S/C22H27O7PS/c1-4-27-19-13-16(3)11-12-21(19)31(25,26)29-15-20(30-24)18(22(23)28-5-2)14-17-9-7-6-8-10-17/h6-13,18,20H,4-5,14-15H2,1-3H3/p+1. The first-order valence-electron chi connectivity index (χ1n) is 10.0. The molecule has 3 atom stereocenters. The highest BCUT2D eigenvalue weighted by molar-refractivity contribution is 7.86. The van der Waals surface area contributed by atoms with Gasteiger partial charge in [0.25, 0.3) is 0 Å². The number of ether oxygens (including phenoxy) is 2. The molecule has 0 N–H and O–H groups in total. The second kappa shape index (κ2) is 11.9. The highest BCUT2D eigenvalue weighted by Crippen LogP contribution is 2.29. The topological polar surface area (TPSA) is 96.0 Å². The van der Waals surface area contributed by atoms with Crippen molar-refractivity contribution >= 4 is 24.5 Å². The van der Waals surface area contributed by atoms with Crippen molar-refractivity contribution in [3.8, 4) is 5.75 Å². The number of carbonyl (C=O) groups is 1. The van der Waals surface area contributed by atoms with Gasteiger partial charge in [-0.3, -0.25) is 8.98 Å². The SMILES string of the molecule is CCOC(=O)C(Cc1ccccc1)C(COS(=O)(=O)c1ccc(C)cc1OCC)[PH+]=O. The molecule has 0 aliphatic heterocycles. The summed E-state index contributed by atoms with van der Waals surface area (Å²) >= 11 is 0. The van der Waals surface area contributed by atoms with Gasteiger partial charge in [-0.05, 0) is 50.5 Å². The van der Waals surface area contributed by atoms with E-state index in [0.717, 1.165) is 11.1 Å². The van der Waals surface area contributed by atoms with Gasteiger partial charge in [-0.2, -0.15) is 8.42 Å². The van der Waals surface area contributed by atoms with Crippen LogP contribution in [0.5, 0.6) is 5.75 Å². The van der Waals surface area contributed by atoms with Crippen LogP contribution in [0, 0.1) is 12.8 Å². The molecule has 168 valence electrons. The quantitative estimate of drug-likeness (QED) is 0.265. The number of rotatable bonds is 12. The molecular formula is C22H28O7PS+. The molecule has 31 heavy (non-hydrogen) atoms. The van der Waals surface area contributed by atoms with Crippen LogP contribution in [0.4, 0.5) is 0 Å². The Bertz CT molecular complexity index is 977. The largest absolute Gasteiger partial charge is 0.492 e. The van der Waals surface area contributed by atoms with E-state index >= 15 is 0 Å². The first-order chi connectivity index (χ1) is 14.8. The van der Waals surface area contributed by atoms with Crippen molar-refractivity contribution in [1.82, 2.24) is 0 Å². The third-order valence-corrected chi connectivity index (χ3v) is 6.79. The predicted molar refractivity (Wildman–Crippen MR) is 119 cm³/mol. The van der Waals surface area contributed by atoms with Crippen LogP contribution in [-0.4, -0.2) is 39.9 Å². The van der Waals surface area contributed by atoms with Gasteiger partial charge in [0.1, 0.15) is 23.2 Å². The molecule has 0 radical (unpaired) electrons. The highest BCUT2D eigenvalue weighted by Gasteiger charge is 2.37. The third kappa shape index (κ3) is 7.13. The van der Waals surface area contributed by atoms with Gasteiger partial charge >= 0.3 is 24.5 Å². The van der Waals surface area contributed by atoms with E-state index in [1.54, 1.807) is 26.0 Å². The van der Waals surface area contributed by atoms with Gasteiger partial charge in [0.05, 0.1) is 13.2 Å². The van der Waals surface area contributed by atoms with Gasteiger partial charge in [0.2, 0.25) is 0 Å². The van der Waals surface area contributed by atoms with Gasteiger partial charge < -0.3 is 9.47 Å². The van der Waals surface area contributed by atoms with Crippen LogP contribution in [0.2, 0.25) is 0 Å². The molecule has 0 aromatic heterocycles. The Balaban J connectivity index is 2.24. The average Bonchev–Trinajstić information content (AvgIpc) is 2.74. The molecule has 0 amide bonds. The first kappa shape index (κ1) is 25.0. The molecule has 3 unspecified atom stereocenters. The van der Waals surface area contributed by atoms with Crippen molar-refractivity contribution in [2.45, 2.75) is 37.7 Å². The van der Waals surface area contributed by atoms with Crippen molar-refractivity contribution in [3.05, 3.63) is 59.7 Å². The Morgan fingerprint density at radius 1 is 1.06 bits per heavy atom. The minimum absolute atomic E-state index is 0.108. The highest BCUT2D eigenvalue weighted by atomic mass is 32.2. The number of hydrogen-bond donors (Lipinski definition) is 0. The Kier molecular flexibility index (Phi) is 9.62. The Labute approximate surface area is 185 Å². The van der Waals surface area contributed by atoms with E-state index in [9.17, 15) is 17.8 Å². The second-order valence-corrected chi connectivity index (χ2v) is 9.46. The molecular weight excluding hydrogens is 439 g/mol. The van der Waals surface area contributed by atoms with Crippen molar-refractivity contribution in [3.63, 3.8) is 0 Å². The monoisotopic (exact) mass is 467 g/mol. The Morgan fingerprint density at radius 3 is 2.39 bits per heavy atom. The second-order valence-electron chi connectivity index (χ2n) is 6.89. The lowest BCUT2D eigenvalue weighted by atomic mass is 9.96. The van der Waals surface area contributed by atoms with Crippen LogP contribution in [0.25, 0.3) is 0 Å². The molecule has 0 saturated carbocycles. The molecule has 2 aromatic carbocycles. The van der Waals surface area contributed by atoms with Crippen LogP contribution in [0.3, 0.4) is 0 Å². The third-order valence-electron chi connectivity index (χ3n) is 4.60. The normalized spacial score (nSPS) is 13.5. The zero-order chi connectivity index (χ0) is 22.9. The lowest BCUT2D eigenvalue weighted by Crippen LogP contribution is -2.32. The molecule has 0 spiro atoms. The Morgan fingerprint density at radius 2 is 1.77 bits per heavy atom. The summed E-state index contributed by atoms with van der Waals surface area (Å²) in [5, 5.41) is 0. The summed E-state index contributed by atoms with van der Waals surface area (Å²) in [4.78, 5) is 12.4. The maximum atomic E-state index is 12.8. The molecule has 2 aromatic rings. The number of benzene rings is 2. The van der Waals surface area contributed by atoms with E-state index in [0.29, 0.717) is 6.61 Å². The molecule has 0 bridgehead atoms. The maximum absolute atomic E-state index is 12.8. The minimum Gasteiger partial charge on any atom is -0.492 e. The fourth-order valence-corrected chi connectivity index (χ4v) is 4.80. The van der Waals surface area contributed by atoms with Crippen LogP contribution < -0.4 is 4.74 Å². The summed E-state index contributed by atoms with van der Waals surface area (Å²) in [6.07, 6.45) is 0.262. The van der Waals surface area contributed by atoms with E-state index in [2.05, 4.69) is 0 Å². The molecule has 0 saturated heterocycles. The first-order valence-corrected chi connectivity index (χ1v) is 12.4. The van der Waals surface area contributed by atoms with Crippen LogP contribution in [0.15, 0.2) is 53.4 Å². The lowest BCUT2D eigenvalue weighted by molar-refractivity contribution is -0.148. The molecule has 0 aliphatic rings. The van der Waals surface area contributed by atoms with Gasteiger partial charge in [-0.15, -0.1) is 0 Å². The summed E-state index contributed by atoms with van der Waals surface area (Å²) in [5.74, 6) is -1.15. The van der Waals surface area contributed by atoms with E-state index in [1.807, 2.05) is 37.3 Å². The summed E-state index contributed by atoms with van der Waals surface area (Å²) in [5.41, 5.74) is 0.838. The maximum Gasteiger partial charge on any atom is 0.331 e. The fraction of sp³-hybridized carbons (Fsp3) is 0.409. The van der Waals surface area contributed by atoms with Gasteiger partial charge in [-0.25, -0.2) is 0 Å². The fourth-order valence-electron chi connectivity index (χ4n) is 3.06. The smallest absolute Gasteiger partial charge is 0.331 e. The summed E-state index contributed by atoms with van der Waals surface area (Å²) in [6.45, 7) is 5.29. The number of carbonyl (C=O) groups excluding carboxylic acids is 1. The zero-order valence-corrected chi connectivity index (χ0v) is 19.7. The van der Waals surface area contributed by atoms with Crippen molar-refractivity contribution in [2.75, 3.05) is 19.8 Å². The van der Waals surface area contributed by atoms with Crippen LogP contribution in [0.1, 0.15) is 25.0 Å². The van der Waals surface area contributed by atoms with Gasteiger partial charge in [0, 0.05) is 0 Å². The van der Waals surface area contributed by atoms with Crippen molar-refractivity contribution in [2.24, 2.45) is 5.92 Å². The van der Waals surface area contributed by atoms with Gasteiger partial charge in [0.15, 0.2) is 5.66 Å².